The van der Waals surface area contributed by atoms with Crippen LogP contribution in [0.15, 0.2) is 16.6 Å². The van der Waals surface area contributed by atoms with Gasteiger partial charge in [-0.25, -0.2) is 13.6 Å². The molecule has 3 nitrogen and oxygen atoms in total. The van der Waals surface area contributed by atoms with Crippen molar-refractivity contribution in [3.8, 4) is 0 Å². The van der Waals surface area contributed by atoms with Gasteiger partial charge in [-0.05, 0) is 28.1 Å². The Hall–Kier alpha value is -1.17. The third-order valence-electron chi connectivity index (χ3n) is 2.10. The average Bonchev–Trinajstić information content (AvgIpc) is 2.59. The molecule has 1 fully saturated rings. The topological polar surface area (TPSA) is 38.3 Å². The molecule has 0 aromatic heterocycles. The van der Waals surface area contributed by atoms with Crippen LogP contribution in [0.25, 0.3) is 0 Å². The van der Waals surface area contributed by atoms with Crippen LogP contribution in [0.3, 0.4) is 0 Å². The molecule has 1 atom stereocenters. The van der Waals surface area contributed by atoms with E-state index in [1.54, 1.807) is 0 Å². The summed E-state index contributed by atoms with van der Waals surface area (Å²) in [6.07, 6.45) is -0.668. The van der Waals surface area contributed by atoms with E-state index in [-0.39, 0.29) is 16.6 Å². The first-order chi connectivity index (χ1) is 7.09. The van der Waals surface area contributed by atoms with Crippen molar-refractivity contribution in [1.82, 2.24) is 5.32 Å². The van der Waals surface area contributed by atoms with Crippen molar-refractivity contribution in [3.05, 3.63) is 33.8 Å². The average molecular weight is 278 g/mol. The van der Waals surface area contributed by atoms with Crippen molar-refractivity contribution < 1.29 is 18.3 Å². The third-order valence-corrected chi connectivity index (χ3v) is 2.71. The fourth-order valence-electron chi connectivity index (χ4n) is 1.40. The molecule has 1 aliphatic heterocycles. The van der Waals surface area contributed by atoms with E-state index >= 15 is 0 Å². The quantitative estimate of drug-likeness (QED) is 0.801. The predicted octanol–water partition coefficient (Wildman–Crippen LogP) is 2.51. The second-order valence-electron chi connectivity index (χ2n) is 3.05. The molecular weight excluding hydrogens is 272 g/mol. The standard InChI is InChI=1S/C9H6BrF2NO2/c10-4-1-2-5(11)7(8(4)12)6-3-15-9(14)13-6/h1-2,6H,3H2,(H,13,14)/t6-/m0/s1. The van der Waals surface area contributed by atoms with E-state index in [0.29, 0.717) is 0 Å². The van der Waals surface area contributed by atoms with E-state index in [4.69, 9.17) is 0 Å². The zero-order chi connectivity index (χ0) is 11.0. The number of ether oxygens (including phenoxy) is 1. The zero-order valence-corrected chi connectivity index (χ0v) is 8.98. The van der Waals surface area contributed by atoms with Gasteiger partial charge in [0, 0.05) is 0 Å². The predicted molar refractivity (Wildman–Crippen MR) is 51.3 cm³/mol. The SMILES string of the molecule is O=C1N[C@H](c2c(F)ccc(Br)c2F)CO1. The first-order valence-corrected chi connectivity index (χ1v) is 4.95. The van der Waals surface area contributed by atoms with E-state index in [2.05, 4.69) is 26.0 Å². The van der Waals surface area contributed by atoms with E-state index in [1.807, 2.05) is 0 Å². The molecule has 1 amide bonds. The van der Waals surface area contributed by atoms with Crippen LogP contribution < -0.4 is 5.32 Å². The number of rotatable bonds is 1. The fraction of sp³-hybridized carbons (Fsp3) is 0.222. The van der Waals surface area contributed by atoms with Crippen molar-refractivity contribution in [2.45, 2.75) is 6.04 Å². The Balaban J connectivity index is 2.43. The molecule has 1 aromatic rings. The molecule has 1 heterocycles. The van der Waals surface area contributed by atoms with Gasteiger partial charge in [-0.15, -0.1) is 0 Å². The molecule has 0 radical (unpaired) electrons. The number of hydrogen-bond donors (Lipinski definition) is 1. The van der Waals surface area contributed by atoms with Crippen molar-refractivity contribution in [3.63, 3.8) is 0 Å². The third kappa shape index (κ3) is 1.81. The number of hydrogen-bond acceptors (Lipinski definition) is 2. The number of halogens is 3. The number of amides is 1. The number of cyclic esters (lactones) is 1. The summed E-state index contributed by atoms with van der Waals surface area (Å²) in [7, 11) is 0. The maximum atomic E-state index is 13.5. The Morgan fingerprint density at radius 1 is 1.47 bits per heavy atom. The van der Waals surface area contributed by atoms with Crippen LogP contribution >= 0.6 is 15.9 Å². The van der Waals surface area contributed by atoms with Gasteiger partial charge >= 0.3 is 6.09 Å². The van der Waals surface area contributed by atoms with Crippen LogP contribution in [-0.2, 0) is 4.74 Å². The first-order valence-electron chi connectivity index (χ1n) is 4.16. The molecule has 0 spiro atoms. The van der Waals surface area contributed by atoms with Crippen LogP contribution in [0.2, 0.25) is 0 Å². The second kappa shape index (κ2) is 3.77. The lowest BCUT2D eigenvalue weighted by Crippen LogP contribution is -2.20. The van der Waals surface area contributed by atoms with Gasteiger partial charge in [0.25, 0.3) is 0 Å². The zero-order valence-electron chi connectivity index (χ0n) is 7.39. The van der Waals surface area contributed by atoms with Gasteiger partial charge in [0.2, 0.25) is 0 Å². The molecular formula is C9H6BrF2NO2. The first kappa shape index (κ1) is 10.4. The Morgan fingerprint density at radius 2 is 2.20 bits per heavy atom. The minimum atomic E-state index is -0.769. The molecule has 0 saturated carbocycles. The molecule has 0 aliphatic carbocycles. The van der Waals surface area contributed by atoms with Gasteiger partial charge in [0.05, 0.1) is 16.1 Å². The van der Waals surface area contributed by atoms with Gasteiger partial charge < -0.3 is 10.1 Å². The summed E-state index contributed by atoms with van der Waals surface area (Å²) in [4.78, 5) is 10.7. The number of nitrogens with one attached hydrogen (secondary N) is 1. The lowest BCUT2D eigenvalue weighted by Gasteiger charge is -2.10. The summed E-state index contributed by atoms with van der Waals surface area (Å²) in [6, 6.07) is 1.63. The molecule has 1 N–H and O–H groups in total. The maximum absolute atomic E-state index is 13.5. The monoisotopic (exact) mass is 277 g/mol. The van der Waals surface area contributed by atoms with Crippen LogP contribution in [0, 0.1) is 11.6 Å². The molecule has 0 bridgehead atoms. The maximum Gasteiger partial charge on any atom is 0.407 e. The summed E-state index contributed by atoms with van der Waals surface area (Å²) in [5, 5.41) is 2.32. The Morgan fingerprint density at radius 3 is 2.80 bits per heavy atom. The summed E-state index contributed by atoms with van der Waals surface area (Å²) in [5.41, 5.74) is -0.185. The summed E-state index contributed by atoms with van der Waals surface area (Å²) < 4.78 is 31.6. The second-order valence-corrected chi connectivity index (χ2v) is 3.91. The van der Waals surface area contributed by atoms with E-state index < -0.39 is 23.8 Å². The number of carbonyl (C=O) groups excluding carboxylic acids is 1. The molecule has 15 heavy (non-hydrogen) atoms. The van der Waals surface area contributed by atoms with Crippen molar-refractivity contribution >= 4 is 22.0 Å². The van der Waals surface area contributed by atoms with Crippen LogP contribution in [0.4, 0.5) is 13.6 Å². The largest absolute Gasteiger partial charge is 0.447 e. The minimum absolute atomic E-state index is 0.0663. The molecule has 1 aliphatic rings. The van der Waals surface area contributed by atoms with Gasteiger partial charge in [0.1, 0.15) is 18.2 Å². The lowest BCUT2D eigenvalue weighted by molar-refractivity contribution is 0.176. The highest BCUT2D eigenvalue weighted by molar-refractivity contribution is 9.10. The van der Waals surface area contributed by atoms with Crippen LogP contribution in [-0.4, -0.2) is 12.7 Å². The van der Waals surface area contributed by atoms with Gasteiger partial charge in [-0.1, -0.05) is 0 Å². The van der Waals surface area contributed by atoms with Gasteiger partial charge in [0.15, 0.2) is 0 Å². The highest BCUT2D eigenvalue weighted by atomic mass is 79.9. The summed E-state index contributed by atoms with van der Waals surface area (Å²) >= 11 is 2.95. The molecule has 2 rings (SSSR count). The molecule has 0 unspecified atom stereocenters. The highest BCUT2D eigenvalue weighted by Gasteiger charge is 2.29. The Bertz CT molecular complexity index is 425. The molecule has 1 saturated heterocycles. The molecule has 1 aromatic carbocycles. The summed E-state index contributed by atoms with van der Waals surface area (Å²) in [5.74, 6) is -1.42. The molecule has 6 heteroatoms. The van der Waals surface area contributed by atoms with Crippen molar-refractivity contribution in [1.29, 1.82) is 0 Å². The normalized spacial score (nSPS) is 19.9. The minimum Gasteiger partial charge on any atom is -0.447 e. The van der Waals surface area contributed by atoms with Crippen LogP contribution in [0.1, 0.15) is 11.6 Å². The Labute approximate surface area is 92.5 Å². The van der Waals surface area contributed by atoms with E-state index in [0.717, 1.165) is 6.07 Å². The van der Waals surface area contributed by atoms with Gasteiger partial charge in [-0.2, -0.15) is 0 Å². The van der Waals surface area contributed by atoms with Gasteiger partial charge in [-0.3, -0.25) is 0 Å². The molecule has 80 valence electrons. The van der Waals surface area contributed by atoms with Crippen molar-refractivity contribution in [2.24, 2.45) is 0 Å². The number of carbonyl (C=O) groups is 1. The van der Waals surface area contributed by atoms with Crippen molar-refractivity contribution in [2.75, 3.05) is 6.61 Å². The fourth-order valence-corrected chi connectivity index (χ4v) is 1.75. The number of alkyl carbamates (subject to hydrolysis) is 1. The smallest absolute Gasteiger partial charge is 0.407 e. The van der Waals surface area contributed by atoms with E-state index in [9.17, 15) is 13.6 Å². The lowest BCUT2D eigenvalue weighted by atomic mass is 10.1. The summed E-state index contributed by atoms with van der Waals surface area (Å²) in [6.45, 7) is -0.0663. The van der Waals surface area contributed by atoms with E-state index in [1.165, 1.54) is 6.07 Å². The Kier molecular flexibility index (Phi) is 2.60. The number of benzene rings is 1. The highest BCUT2D eigenvalue weighted by Crippen LogP contribution is 2.28. The van der Waals surface area contributed by atoms with Crippen LogP contribution in [0.5, 0.6) is 0 Å².